The number of fused-ring (bicyclic) bond motifs is 1. The van der Waals surface area contributed by atoms with Gasteiger partial charge < -0.3 is 15.2 Å². The predicted octanol–water partition coefficient (Wildman–Crippen LogP) is 2.19. The lowest BCUT2D eigenvalue weighted by molar-refractivity contribution is 0.947. The number of rotatable bonds is 3. The lowest BCUT2D eigenvalue weighted by Gasteiger charge is -2.19. The number of hydrogen-bond acceptors (Lipinski definition) is 4. The van der Waals surface area contributed by atoms with E-state index in [0.29, 0.717) is 6.54 Å². The smallest absolute Gasteiger partial charge is 0.160 e. The molecule has 102 valence electrons. The molecule has 0 saturated carbocycles. The van der Waals surface area contributed by atoms with E-state index in [9.17, 15) is 0 Å². The Morgan fingerprint density at radius 2 is 2.10 bits per heavy atom. The molecule has 20 heavy (non-hydrogen) atoms. The second-order valence-corrected chi connectivity index (χ2v) is 4.79. The van der Waals surface area contributed by atoms with Crippen molar-refractivity contribution >= 4 is 22.5 Å². The highest BCUT2D eigenvalue weighted by atomic mass is 15.2. The summed E-state index contributed by atoms with van der Waals surface area (Å²) in [5, 5.41) is 0. The topological polar surface area (TPSA) is 60.0 Å². The second kappa shape index (κ2) is 4.94. The molecule has 0 atom stereocenters. The first-order valence-corrected chi connectivity index (χ1v) is 6.49. The maximum atomic E-state index is 5.70. The first-order valence-electron chi connectivity index (χ1n) is 6.49. The molecule has 0 fully saturated rings. The predicted molar refractivity (Wildman–Crippen MR) is 80.9 cm³/mol. The first kappa shape index (κ1) is 12.6. The van der Waals surface area contributed by atoms with Gasteiger partial charge in [-0.2, -0.15) is 0 Å². The third-order valence-corrected chi connectivity index (χ3v) is 3.47. The van der Waals surface area contributed by atoms with Crippen molar-refractivity contribution in [1.82, 2.24) is 14.5 Å². The molecule has 2 N–H and O–H groups in total. The number of anilines is 2. The number of nitrogens with zero attached hydrogens (tertiary/aromatic N) is 4. The van der Waals surface area contributed by atoms with Gasteiger partial charge in [-0.3, -0.25) is 0 Å². The van der Waals surface area contributed by atoms with Crippen molar-refractivity contribution in [1.29, 1.82) is 0 Å². The third kappa shape index (κ3) is 2.02. The molecular weight excluding hydrogens is 250 g/mol. The number of nitrogens with two attached hydrogens (primary N) is 1. The van der Waals surface area contributed by atoms with E-state index in [-0.39, 0.29) is 0 Å². The molecule has 0 aliphatic carbocycles. The van der Waals surface area contributed by atoms with Crippen LogP contribution in [0.25, 0.3) is 11.0 Å². The Kier molecular flexibility index (Phi) is 3.12. The molecule has 0 saturated heterocycles. The Balaban J connectivity index is 2.10. The highest BCUT2D eigenvalue weighted by Crippen LogP contribution is 2.28. The van der Waals surface area contributed by atoms with E-state index in [2.05, 4.69) is 16.0 Å². The van der Waals surface area contributed by atoms with Gasteiger partial charge >= 0.3 is 0 Å². The van der Waals surface area contributed by atoms with E-state index in [1.165, 1.54) is 0 Å². The van der Waals surface area contributed by atoms with Crippen LogP contribution < -0.4 is 10.6 Å². The molecule has 3 aromatic rings. The molecule has 0 aliphatic rings. The normalized spacial score (nSPS) is 10.9. The van der Waals surface area contributed by atoms with Crippen LogP contribution in [0.2, 0.25) is 0 Å². The molecule has 1 aromatic carbocycles. The van der Waals surface area contributed by atoms with Crippen LogP contribution in [0.1, 0.15) is 5.56 Å². The summed E-state index contributed by atoms with van der Waals surface area (Å²) in [5.74, 6) is 0.845. The highest BCUT2D eigenvalue weighted by Gasteiger charge is 2.12. The zero-order chi connectivity index (χ0) is 14.1. The standard InChI is InChI=1S/C15H17N5/c1-19-10-18-14-13(19)6-7-17-15(14)20(2)12-5-3-4-11(8-12)9-16/h3-8,10H,9,16H2,1-2H3. The lowest BCUT2D eigenvalue weighted by Crippen LogP contribution is -2.12. The van der Waals surface area contributed by atoms with Gasteiger partial charge in [0.1, 0.15) is 5.52 Å². The number of pyridine rings is 1. The van der Waals surface area contributed by atoms with Gasteiger partial charge in [0.15, 0.2) is 5.82 Å². The van der Waals surface area contributed by atoms with Gasteiger partial charge in [-0.15, -0.1) is 0 Å². The number of aryl methyl sites for hydroxylation is 1. The van der Waals surface area contributed by atoms with Crippen molar-refractivity contribution in [3.05, 3.63) is 48.4 Å². The van der Waals surface area contributed by atoms with Crippen LogP contribution in [0.4, 0.5) is 11.5 Å². The summed E-state index contributed by atoms with van der Waals surface area (Å²) in [6.45, 7) is 0.531. The summed E-state index contributed by atoms with van der Waals surface area (Å²) in [7, 11) is 3.97. The molecule has 0 bridgehead atoms. The first-order chi connectivity index (χ1) is 9.70. The number of aromatic nitrogens is 3. The molecule has 2 aromatic heterocycles. The SMILES string of the molecule is CN(c1cccc(CN)c1)c1nccc2c1ncn2C. The Morgan fingerprint density at radius 3 is 2.90 bits per heavy atom. The average Bonchev–Trinajstić information content (AvgIpc) is 2.88. The number of imidazole rings is 1. The molecule has 5 heteroatoms. The molecule has 2 heterocycles. The third-order valence-electron chi connectivity index (χ3n) is 3.47. The summed E-state index contributed by atoms with van der Waals surface area (Å²) >= 11 is 0. The van der Waals surface area contributed by atoms with Crippen LogP contribution in [0.15, 0.2) is 42.9 Å². The van der Waals surface area contributed by atoms with Crippen LogP contribution in [0.3, 0.4) is 0 Å². The Bertz CT molecular complexity index is 747. The van der Waals surface area contributed by atoms with Gasteiger partial charge in [0.05, 0.1) is 11.8 Å². The van der Waals surface area contributed by atoms with Crippen molar-refractivity contribution in [3.63, 3.8) is 0 Å². The fraction of sp³-hybridized carbons (Fsp3) is 0.200. The fourth-order valence-corrected chi connectivity index (χ4v) is 2.31. The van der Waals surface area contributed by atoms with Crippen LogP contribution in [0.5, 0.6) is 0 Å². The molecule has 5 nitrogen and oxygen atoms in total. The molecule has 3 rings (SSSR count). The van der Waals surface area contributed by atoms with Gasteiger partial charge in [0.2, 0.25) is 0 Å². The molecule has 0 amide bonds. The van der Waals surface area contributed by atoms with Gasteiger partial charge in [0, 0.05) is 32.5 Å². The van der Waals surface area contributed by atoms with Gasteiger partial charge in [-0.25, -0.2) is 9.97 Å². The maximum absolute atomic E-state index is 5.70. The summed E-state index contributed by atoms with van der Waals surface area (Å²) in [5.41, 5.74) is 9.82. The zero-order valence-electron chi connectivity index (χ0n) is 11.6. The lowest BCUT2D eigenvalue weighted by atomic mass is 10.2. The van der Waals surface area contributed by atoms with Crippen molar-refractivity contribution in [3.8, 4) is 0 Å². The summed E-state index contributed by atoms with van der Waals surface area (Å²) in [6, 6.07) is 10.1. The molecule has 0 unspecified atom stereocenters. The van der Waals surface area contributed by atoms with Crippen molar-refractivity contribution in [2.75, 3.05) is 11.9 Å². The Hall–Kier alpha value is -2.40. The summed E-state index contributed by atoms with van der Waals surface area (Å²) in [4.78, 5) is 10.9. The van der Waals surface area contributed by atoms with Crippen LogP contribution in [-0.4, -0.2) is 21.6 Å². The zero-order valence-corrected chi connectivity index (χ0v) is 11.6. The summed E-state index contributed by atoms with van der Waals surface area (Å²) in [6.07, 6.45) is 3.61. The molecule has 0 aliphatic heterocycles. The van der Waals surface area contributed by atoms with Crippen molar-refractivity contribution < 1.29 is 0 Å². The Labute approximate surface area is 117 Å². The van der Waals surface area contributed by atoms with E-state index in [1.807, 2.05) is 54.0 Å². The van der Waals surface area contributed by atoms with E-state index in [4.69, 9.17) is 5.73 Å². The minimum atomic E-state index is 0.531. The van der Waals surface area contributed by atoms with Gasteiger partial charge in [-0.1, -0.05) is 12.1 Å². The van der Waals surface area contributed by atoms with Crippen molar-refractivity contribution in [2.45, 2.75) is 6.54 Å². The minimum absolute atomic E-state index is 0.531. The van der Waals surface area contributed by atoms with Crippen molar-refractivity contribution in [2.24, 2.45) is 12.8 Å². The highest BCUT2D eigenvalue weighted by molar-refractivity contribution is 5.88. The quantitative estimate of drug-likeness (QED) is 0.790. The average molecular weight is 267 g/mol. The van der Waals surface area contributed by atoms with E-state index < -0.39 is 0 Å². The minimum Gasteiger partial charge on any atom is -0.334 e. The molecule has 0 radical (unpaired) electrons. The van der Waals surface area contributed by atoms with E-state index >= 15 is 0 Å². The van der Waals surface area contributed by atoms with Crippen LogP contribution in [-0.2, 0) is 13.6 Å². The Morgan fingerprint density at radius 1 is 1.25 bits per heavy atom. The van der Waals surface area contributed by atoms with Crippen LogP contribution >= 0.6 is 0 Å². The second-order valence-electron chi connectivity index (χ2n) is 4.79. The summed E-state index contributed by atoms with van der Waals surface area (Å²) < 4.78 is 1.99. The van der Waals surface area contributed by atoms with E-state index in [1.54, 1.807) is 6.33 Å². The fourth-order valence-electron chi connectivity index (χ4n) is 2.31. The molecule has 0 spiro atoms. The van der Waals surface area contributed by atoms with Gasteiger partial charge in [-0.05, 0) is 23.8 Å². The number of benzene rings is 1. The maximum Gasteiger partial charge on any atom is 0.160 e. The monoisotopic (exact) mass is 267 g/mol. The largest absolute Gasteiger partial charge is 0.334 e. The van der Waals surface area contributed by atoms with E-state index in [0.717, 1.165) is 28.1 Å². The number of hydrogen-bond donors (Lipinski definition) is 1. The van der Waals surface area contributed by atoms with Gasteiger partial charge in [0.25, 0.3) is 0 Å². The van der Waals surface area contributed by atoms with Crippen LogP contribution in [0, 0.1) is 0 Å². The molecular formula is C15H17N5.